The van der Waals surface area contributed by atoms with Crippen LogP contribution in [0.5, 0.6) is 0 Å². The quantitative estimate of drug-likeness (QED) is 0.495. The number of fused-ring (bicyclic) bond motifs is 1. The summed E-state index contributed by atoms with van der Waals surface area (Å²) in [4.78, 5) is 22.5. The van der Waals surface area contributed by atoms with E-state index in [2.05, 4.69) is 65.8 Å². The Kier molecular flexibility index (Phi) is 7.55. The van der Waals surface area contributed by atoms with Gasteiger partial charge < -0.3 is 20.5 Å². The minimum Gasteiger partial charge on any atom is -0.361 e. The van der Waals surface area contributed by atoms with Crippen LogP contribution >= 0.6 is 0 Å². The van der Waals surface area contributed by atoms with E-state index in [1.165, 1.54) is 28.5 Å². The second-order valence-electron chi connectivity index (χ2n) is 7.98. The van der Waals surface area contributed by atoms with Crippen LogP contribution in [0.4, 0.5) is 0 Å². The SMILES string of the molecule is CCNC(=NCCC(=O)N1CCCCC1C)NCCc1c[nH]c2cc(C)ccc12. The molecule has 0 aliphatic carbocycles. The number of guanidine groups is 1. The van der Waals surface area contributed by atoms with Gasteiger partial charge in [-0.15, -0.1) is 0 Å². The first-order chi connectivity index (χ1) is 14.1. The van der Waals surface area contributed by atoms with E-state index < -0.39 is 0 Å². The lowest BCUT2D eigenvalue weighted by atomic mass is 10.0. The summed E-state index contributed by atoms with van der Waals surface area (Å²) in [6.45, 7) is 9.32. The number of piperidine rings is 1. The molecule has 6 heteroatoms. The molecule has 1 fully saturated rings. The minimum atomic E-state index is 0.228. The summed E-state index contributed by atoms with van der Waals surface area (Å²) in [7, 11) is 0. The Morgan fingerprint density at radius 1 is 1.31 bits per heavy atom. The summed E-state index contributed by atoms with van der Waals surface area (Å²) in [6.07, 6.45) is 6.95. The Balaban J connectivity index is 1.49. The van der Waals surface area contributed by atoms with Gasteiger partial charge in [-0.3, -0.25) is 9.79 Å². The van der Waals surface area contributed by atoms with Crippen LogP contribution in [0.25, 0.3) is 10.9 Å². The van der Waals surface area contributed by atoms with Gasteiger partial charge in [0.2, 0.25) is 5.91 Å². The van der Waals surface area contributed by atoms with Gasteiger partial charge in [0.15, 0.2) is 5.96 Å². The largest absolute Gasteiger partial charge is 0.361 e. The third kappa shape index (κ3) is 5.75. The normalized spacial score (nSPS) is 17.6. The molecule has 0 bridgehead atoms. The van der Waals surface area contributed by atoms with Crippen molar-refractivity contribution in [3.05, 3.63) is 35.5 Å². The monoisotopic (exact) mass is 397 g/mol. The van der Waals surface area contributed by atoms with Crippen LogP contribution in [0.15, 0.2) is 29.4 Å². The predicted molar refractivity (Wildman–Crippen MR) is 120 cm³/mol. The van der Waals surface area contributed by atoms with E-state index in [9.17, 15) is 4.79 Å². The highest BCUT2D eigenvalue weighted by Crippen LogP contribution is 2.20. The van der Waals surface area contributed by atoms with E-state index in [0.29, 0.717) is 19.0 Å². The number of hydrogen-bond donors (Lipinski definition) is 3. The molecule has 1 aromatic carbocycles. The van der Waals surface area contributed by atoms with Crippen LogP contribution in [-0.4, -0.2) is 54.0 Å². The van der Waals surface area contributed by atoms with Crippen molar-refractivity contribution in [1.82, 2.24) is 20.5 Å². The molecule has 3 rings (SSSR count). The molecule has 3 N–H and O–H groups in total. The molecule has 1 unspecified atom stereocenters. The number of aryl methyl sites for hydroxylation is 1. The maximum Gasteiger partial charge on any atom is 0.224 e. The molecule has 158 valence electrons. The molecule has 2 heterocycles. The van der Waals surface area contributed by atoms with Gasteiger partial charge >= 0.3 is 0 Å². The van der Waals surface area contributed by atoms with E-state index in [4.69, 9.17) is 0 Å². The number of aromatic nitrogens is 1. The van der Waals surface area contributed by atoms with Crippen molar-refractivity contribution >= 4 is 22.8 Å². The Hall–Kier alpha value is -2.50. The zero-order valence-corrected chi connectivity index (χ0v) is 18.1. The number of carbonyl (C=O) groups excluding carboxylic acids is 1. The number of carbonyl (C=O) groups is 1. The van der Waals surface area contributed by atoms with Gasteiger partial charge in [-0.2, -0.15) is 0 Å². The van der Waals surface area contributed by atoms with E-state index >= 15 is 0 Å². The number of likely N-dealkylation sites (tertiary alicyclic amines) is 1. The molecule has 0 radical (unpaired) electrons. The average Bonchev–Trinajstić information content (AvgIpc) is 3.10. The first-order valence-corrected chi connectivity index (χ1v) is 11.0. The molecule has 1 atom stereocenters. The molecule has 1 amide bonds. The molecule has 2 aromatic rings. The molecular formula is C23H35N5O. The summed E-state index contributed by atoms with van der Waals surface area (Å²) in [6, 6.07) is 6.88. The molecule has 0 saturated carbocycles. The fourth-order valence-corrected chi connectivity index (χ4v) is 4.04. The lowest BCUT2D eigenvalue weighted by molar-refractivity contribution is -0.134. The van der Waals surface area contributed by atoms with Gasteiger partial charge in [-0.1, -0.05) is 12.1 Å². The summed E-state index contributed by atoms with van der Waals surface area (Å²) in [5.41, 5.74) is 3.75. The second-order valence-corrected chi connectivity index (χ2v) is 7.98. The van der Waals surface area contributed by atoms with Crippen LogP contribution in [0.3, 0.4) is 0 Å². The zero-order chi connectivity index (χ0) is 20.6. The van der Waals surface area contributed by atoms with Crippen molar-refractivity contribution in [1.29, 1.82) is 0 Å². The van der Waals surface area contributed by atoms with Crippen LogP contribution in [0.1, 0.15) is 50.7 Å². The molecule has 29 heavy (non-hydrogen) atoms. The molecule has 0 spiro atoms. The average molecular weight is 398 g/mol. The van der Waals surface area contributed by atoms with Crippen LogP contribution in [0.2, 0.25) is 0 Å². The second kappa shape index (κ2) is 10.3. The molecule has 1 saturated heterocycles. The van der Waals surface area contributed by atoms with Gasteiger partial charge in [0.05, 0.1) is 6.54 Å². The number of hydrogen-bond acceptors (Lipinski definition) is 2. The van der Waals surface area contributed by atoms with Crippen molar-refractivity contribution in [2.75, 3.05) is 26.2 Å². The van der Waals surface area contributed by atoms with Gasteiger partial charge in [0, 0.05) is 49.2 Å². The third-order valence-electron chi connectivity index (χ3n) is 5.67. The highest BCUT2D eigenvalue weighted by Gasteiger charge is 2.22. The highest BCUT2D eigenvalue weighted by atomic mass is 16.2. The Morgan fingerprint density at radius 2 is 2.17 bits per heavy atom. The number of amides is 1. The number of nitrogens with zero attached hydrogens (tertiary/aromatic N) is 2. The molecule has 1 aliphatic rings. The fourth-order valence-electron chi connectivity index (χ4n) is 4.04. The number of aliphatic imine (C=N–C) groups is 1. The lowest BCUT2D eigenvalue weighted by Gasteiger charge is -2.33. The zero-order valence-electron chi connectivity index (χ0n) is 18.1. The van der Waals surface area contributed by atoms with Gasteiger partial charge in [-0.05, 0) is 63.6 Å². The van der Waals surface area contributed by atoms with Crippen LogP contribution < -0.4 is 10.6 Å². The van der Waals surface area contributed by atoms with E-state index in [1.54, 1.807) is 0 Å². The number of H-pyrrole nitrogens is 1. The maximum atomic E-state index is 12.5. The van der Waals surface area contributed by atoms with E-state index in [0.717, 1.165) is 44.9 Å². The Bertz CT molecular complexity index is 841. The van der Waals surface area contributed by atoms with Crippen LogP contribution in [-0.2, 0) is 11.2 Å². The molecule has 1 aromatic heterocycles. The maximum absolute atomic E-state index is 12.5. The number of benzene rings is 1. The number of aromatic amines is 1. The van der Waals surface area contributed by atoms with Crippen molar-refractivity contribution < 1.29 is 4.79 Å². The summed E-state index contributed by atoms with van der Waals surface area (Å²) >= 11 is 0. The standard InChI is InChI=1S/C23H35N5O/c1-4-24-23(26-13-11-22(29)28-14-6-5-7-18(28)3)25-12-10-19-16-27-21-15-17(2)8-9-20(19)21/h8-9,15-16,18,27H,4-7,10-14H2,1-3H3,(H2,24,25,26). The Labute approximate surface area is 174 Å². The molecular weight excluding hydrogens is 362 g/mol. The molecule has 6 nitrogen and oxygen atoms in total. The van der Waals surface area contributed by atoms with E-state index in [1.807, 2.05) is 4.90 Å². The summed E-state index contributed by atoms with van der Waals surface area (Å²) in [5.74, 6) is 1.01. The van der Waals surface area contributed by atoms with Crippen LogP contribution in [0, 0.1) is 6.92 Å². The lowest BCUT2D eigenvalue weighted by Crippen LogP contribution is -2.42. The highest BCUT2D eigenvalue weighted by molar-refractivity contribution is 5.84. The summed E-state index contributed by atoms with van der Waals surface area (Å²) in [5, 5.41) is 7.95. The van der Waals surface area contributed by atoms with Crippen molar-refractivity contribution in [2.45, 2.75) is 58.9 Å². The topological polar surface area (TPSA) is 72.5 Å². The molecule has 1 aliphatic heterocycles. The van der Waals surface area contributed by atoms with Crippen molar-refractivity contribution in [3.63, 3.8) is 0 Å². The number of rotatable bonds is 7. The van der Waals surface area contributed by atoms with E-state index in [-0.39, 0.29) is 5.91 Å². The fraction of sp³-hybridized carbons (Fsp3) is 0.565. The van der Waals surface area contributed by atoms with Gasteiger partial charge in [0.1, 0.15) is 0 Å². The van der Waals surface area contributed by atoms with Crippen molar-refractivity contribution in [2.24, 2.45) is 4.99 Å². The van der Waals surface area contributed by atoms with Crippen molar-refractivity contribution in [3.8, 4) is 0 Å². The number of nitrogens with one attached hydrogen (secondary N) is 3. The predicted octanol–water partition coefficient (Wildman–Crippen LogP) is 3.37. The smallest absolute Gasteiger partial charge is 0.224 e. The van der Waals surface area contributed by atoms with Gasteiger partial charge in [0.25, 0.3) is 0 Å². The first kappa shape index (κ1) is 21.2. The minimum absolute atomic E-state index is 0.228. The van der Waals surface area contributed by atoms with Gasteiger partial charge in [-0.25, -0.2) is 0 Å². The Morgan fingerprint density at radius 3 is 2.97 bits per heavy atom. The first-order valence-electron chi connectivity index (χ1n) is 11.0. The third-order valence-corrected chi connectivity index (χ3v) is 5.67. The summed E-state index contributed by atoms with van der Waals surface area (Å²) < 4.78 is 0.